The summed E-state index contributed by atoms with van der Waals surface area (Å²) in [6, 6.07) is 12.8. The smallest absolute Gasteiger partial charge is 0.261 e. The molecule has 8 nitrogen and oxygen atoms in total. The van der Waals surface area contributed by atoms with Crippen molar-refractivity contribution in [1.29, 1.82) is 0 Å². The van der Waals surface area contributed by atoms with E-state index in [-0.39, 0.29) is 34.5 Å². The summed E-state index contributed by atoms with van der Waals surface area (Å²) in [6.07, 6.45) is 1.57. The van der Waals surface area contributed by atoms with Gasteiger partial charge in [-0.3, -0.25) is 9.69 Å². The Morgan fingerprint density at radius 1 is 1.11 bits per heavy atom. The van der Waals surface area contributed by atoms with Gasteiger partial charge in [0.05, 0.1) is 40.3 Å². The van der Waals surface area contributed by atoms with Gasteiger partial charge in [0.1, 0.15) is 6.04 Å². The predicted octanol–water partition coefficient (Wildman–Crippen LogP) is 5.24. The fourth-order valence-electron chi connectivity index (χ4n) is 4.75. The number of carbonyl (C=O) groups is 1. The first-order valence-electron chi connectivity index (χ1n) is 11.3. The maximum Gasteiger partial charge on any atom is 0.261 e. The van der Waals surface area contributed by atoms with E-state index < -0.39 is 11.9 Å². The van der Waals surface area contributed by atoms with Crippen molar-refractivity contribution < 1.29 is 13.9 Å². The number of amides is 1. The first kappa shape index (κ1) is 23.6. The van der Waals surface area contributed by atoms with E-state index in [4.69, 9.17) is 27.8 Å². The molecule has 4 aromatic rings. The molecule has 0 saturated carbocycles. The number of carbonyl (C=O) groups excluding carboxylic acids is 1. The molecular weight excluding hydrogens is 483 g/mol. The van der Waals surface area contributed by atoms with E-state index in [0.717, 1.165) is 5.56 Å². The topological polar surface area (TPSA) is 112 Å². The average Bonchev–Trinajstić information content (AvgIpc) is 3.36. The number of rotatable bonds is 5. The second-order valence-corrected chi connectivity index (χ2v) is 9.17. The second kappa shape index (κ2) is 8.83. The third-order valence-corrected chi connectivity index (χ3v) is 6.54. The lowest BCUT2D eigenvalue weighted by Crippen LogP contribution is -2.30. The van der Waals surface area contributed by atoms with Crippen LogP contribution in [0.3, 0.4) is 0 Å². The summed E-state index contributed by atoms with van der Waals surface area (Å²) in [4.78, 5) is 23.7. The van der Waals surface area contributed by atoms with Crippen molar-refractivity contribution in [2.45, 2.75) is 25.9 Å². The number of anilines is 3. The fraction of sp³-hybridized carbons (Fsp3) is 0.192. The molecule has 2 aromatic heterocycles. The summed E-state index contributed by atoms with van der Waals surface area (Å²) in [7, 11) is 1.49. The van der Waals surface area contributed by atoms with Gasteiger partial charge in [-0.25, -0.2) is 9.37 Å². The van der Waals surface area contributed by atoms with E-state index in [1.54, 1.807) is 36.5 Å². The third-order valence-electron chi connectivity index (χ3n) is 6.24. The molecule has 0 unspecified atom stereocenters. The lowest BCUT2D eigenvalue weighted by atomic mass is 10.0. The number of hydrogen-bond acceptors (Lipinski definition) is 6. The SMILES string of the molecule is COc1nc(N)ncc1-c1cc2c(n1C(C)C)[C@@H](c1ccc(N)cc1)N(c1cccc(Cl)c1F)C2=O. The van der Waals surface area contributed by atoms with Gasteiger partial charge < -0.3 is 20.8 Å². The minimum absolute atomic E-state index is 0.0656. The number of nitrogens with zero attached hydrogens (tertiary/aromatic N) is 4. The second-order valence-electron chi connectivity index (χ2n) is 8.76. The quantitative estimate of drug-likeness (QED) is 0.358. The van der Waals surface area contributed by atoms with Gasteiger partial charge in [-0.15, -0.1) is 0 Å². The molecule has 0 aliphatic carbocycles. The average molecular weight is 507 g/mol. The molecule has 184 valence electrons. The summed E-state index contributed by atoms with van der Waals surface area (Å²) in [5.74, 6) is -0.661. The standard InChI is InChI=1S/C26H24ClFN6O2/c1-13(2)33-20(17-12-31-26(30)32-24(17)36-3)11-16-23(33)22(14-7-9-15(29)10-8-14)34(25(16)35)19-6-4-5-18(27)21(19)28/h4-13,22H,29H2,1-3H3,(H2,30,31,32)/t22-/m1/s1. The number of benzene rings is 2. The van der Waals surface area contributed by atoms with E-state index in [0.29, 0.717) is 28.2 Å². The number of nitrogens with two attached hydrogens (primary N) is 2. The Bertz CT molecular complexity index is 1480. The number of nitrogen functional groups attached to an aromatic ring is 2. The zero-order valence-corrected chi connectivity index (χ0v) is 20.6. The highest BCUT2D eigenvalue weighted by atomic mass is 35.5. The lowest BCUT2D eigenvalue weighted by Gasteiger charge is -2.29. The van der Waals surface area contributed by atoms with Gasteiger partial charge in [-0.1, -0.05) is 29.8 Å². The van der Waals surface area contributed by atoms with Crippen LogP contribution in [0, 0.1) is 5.82 Å². The number of hydrogen-bond donors (Lipinski definition) is 2. The number of methoxy groups -OCH3 is 1. The Hall–Kier alpha value is -4.11. The van der Waals surface area contributed by atoms with Crippen LogP contribution in [0.4, 0.5) is 21.7 Å². The largest absolute Gasteiger partial charge is 0.480 e. The van der Waals surface area contributed by atoms with Crippen molar-refractivity contribution in [2.75, 3.05) is 23.5 Å². The van der Waals surface area contributed by atoms with Crippen LogP contribution >= 0.6 is 11.6 Å². The highest BCUT2D eigenvalue weighted by Crippen LogP contribution is 2.47. The predicted molar refractivity (Wildman–Crippen MR) is 138 cm³/mol. The number of ether oxygens (including phenoxy) is 1. The van der Waals surface area contributed by atoms with Crippen LogP contribution in [-0.2, 0) is 0 Å². The molecule has 36 heavy (non-hydrogen) atoms. The number of halogens is 2. The molecule has 2 aromatic carbocycles. The molecule has 10 heteroatoms. The van der Waals surface area contributed by atoms with Crippen LogP contribution in [0.1, 0.15) is 47.5 Å². The molecule has 3 heterocycles. The van der Waals surface area contributed by atoms with E-state index in [9.17, 15) is 4.79 Å². The van der Waals surface area contributed by atoms with Crippen molar-refractivity contribution in [1.82, 2.24) is 14.5 Å². The monoisotopic (exact) mass is 506 g/mol. The van der Waals surface area contributed by atoms with Gasteiger partial charge in [0.2, 0.25) is 11.8 Å². The molecular formula is C26H24ClFN6O2. The lowest BCUT2D eigenvalue weighted by molar-refractivity contribution is 0.0992. The number of aromatic nitrogens is 3. The molecule has 0 spiro atoms. The highest BCUT2D eigenvalue weighted by Gasteiger charge is 2.44. The Balaban J connectivity index is 1.80. The summed E-state index contributed by atoms with van der Waals surface area (Å²) >= 11 is 6.10. The third kappa shape index (κ3) is 3.63. The zero-order valence-electron chi connectivity index (χ0n) is 19.9. The molecule has 1 aliphatic rings. The van der Waals surface area contributed by atoms with Crippen LogP contribution in [0.15, 0.2) is 54.7 Å². The minimum atomic E-state index is -0.664. The Morgan fingerprint density at radius 3 is 2.50 bits per heavy atom. The van der Waals surface area contributed by atoms with E-state index in [1.807, 2.05) is 30.5 Å². The molecule has 1 atom stereocenters. The summed E-state index contributed by atoms with van der Waals surface area (Å²) in [6.45, 7) is 4.00. The van der Waals surface area contributed by atoms with Gasteiger partial charge in [0, 0.05) is 17.9 Å². The maximum atomic E-state index is 15.3. The Labute approximate surface area is 212 Å². The zero-order chi connectivity index (χ0) is 25.7. The van der Waals surface area contributed by atoms with Gasteiger partial charge in [-0.2, -0.15) is 4.98 Å². The normalized spacial score (nSPS) is 15.0. The molecule has 1 amide bonds. The molecule has 0 radical (unpaired) electrons. The van der Waals surface area contributed by atoms with E-state index >= 15 is 4.39 Å². The van der Waals surface area contributed by atoms with E-state index in [1.165, 1.54) is 18.1 Å². The van der Waals surface area contributed by atoms with Gasteiger partial charge in [0.15, 0.2) is 5.82 Å². The minimum Gasteiger partial charge on any atom is -0.480 e. The van der Waals surface area contributed by atoms with Gasteiger partial charge in [0.25, 0.3) is 5.91 Å². The summed E-state index contributed by atoms with van der Waals surface area (Å²) < 4.78 is 22.7. The summed E-state index contributed by atoms with van der Waals surface area (Å²) in [5.41, 5.74) is 15.5. The molecule has 0 bridgehead atoms. The van der Waals surface area contributed by atoms with Crippen LogP contribution in [0.25, 0.3) is 11.3 Å². The van der Waals surface area contributed by atoms with Crippen molar-refractivity contribution >= 4 is 34.8 Å². The van der Waals surface area contributed by atoms with Crippen molar-refractivity contribution in [3.05, 3.63) is 82.4 Å². The van der Waals surface area contributed by atoms with Crippen LogP contribution in [-0.4, -0.2) is 27.6 Å². The Morgan fingerprint density at radius 2 is 1.83 bits per heavy atom. The fourth-order valence-corrected chi connectivity index (χ4v) is 4.92. The number of fused-ring (bicyclic) bond motifs is 1. The van der Waals surface area contributed by atoms with Crippen LogP contribution < -0.4 is 21.1 Å². The van der Waals surface area contributed by atoms with Crippen molar-refractivity contribution in [2.24, 2.45) is 0 Å². The summed E-state index contributed by atoms with van der Waals surface area (Å²) in [5, 5.41) is -0.0656. The van der Waals surface area contributed by atoms with Gasteiger partial charge in [-0.05, 0) is 49.7 Å². The Kier molecular flexibility index (Phi) is 5.80. The van der Waals surface area contributed by atoms with Crippen LogP contribution in [0.2, 0.25) is 5.02 Å². The van der Waals surface area contributed by atoms with Gasteiger partial charge >= 0.3 is 0 Å². The molecule has 5 rings (SSSR count). The van der Waals surface area contributed by atoms with Crippen molar-refractivity contribution in [3.8, 4) is 17.1 Å². The van der Waals surface area contributed by atoms with Crippen LogP contribution in [0.5, 0.6) is 5.88 Å². The molecule has 0 saturated heterocycles. The first-order chi connectivity index (χ1) is 17.2. The maximum absolute atomic E-state index is 15.3. The first-order valence-corrected chi connectivity index (χ1v) is 11.7. The molecule has 4 N–H and O–H groups in total. The van der Waals surface area contributed by atoms with E-state index in [2.05, 4.69) is 9.97 Å². The van der Waals surface area contributed by atoms with Crippen molar-refractivity contribution in [3.63, 3.8) is 0 Å². The molecule has 0 fully saturated rings. The molecule has 1 aliphatic heterocycles. The highest BCUT2D eigenvalue weighted by molar-refractivity contribution is 6.31.